The Balaban J connectivity index is 1.05. The Morgan fingerprint density at radius 3 is 1.38 bits per heavy atom. The molecule has 0 saturated carbocycles. The van der Waals surface area contributed by atoms with E-state index >= 15 is 0 Å². The number of para-hydroxylation sites is 1. The third-order valence-corrected chi connectivity index (χ3v) is 12.1. The van der Waals surface area contributed by atoms with Gasteiger partial charge in [0.05, 0.1) is 0 Å². The Hall–Kier alpha value is -6.94. The van der Waals surface area contributed by atoms with Crippen LogP contribution in [0.4, 0.5) is 17.1 Å². The lowest BCUT2D eigenvalue weighted by Gasteiger charge is -2.26. The third kappa shape index (κ3) is 5.32. The minimum atomic E-state index is 0.923. The van der Waals surface area contributed by atoms with E-state index in [2.05, 4.69) is 205 Å². The van der Waals surface area contributed by atoms with E-state index < -0.39 is 0 Å². The van der Waals surface area contributed by atoms with E-state index in [1.165, 1.54) is 69.7 Å². The predicted molar refractivity (Wildman–Crippen MR) is 235 cm³/mol. The highest BCUT2D eigenvalue weighted by molar-refractivity contribution is 7.27. The summed E-state index contributed by atoms with van der Waals surface area (Å²) in [5, 5.41) is 7.26. The van der Waals surface area contributed by atoms with Crippen molar-refractivity contribution in [2.45, 2.75) is 0 Å². The van der Waals surface area contributed by atoms with Crippen molar-refractivity contribution in [3.05, 3.63) is 200 Å². The topological polar surface area (TPSA) is 16.4 Å². The van der Waals surface area contributed by atoms with E-state index in [1.807, 2.05) is 11.3 Å². The van der Waals surface area contributed by atoms with Gasteiger partial charge in [0.2, 0.25) is 0 Å². The quantitative estimate of drug-likeness (QED) is 0.170. The first-order valence-corrected chi connectivity index (χ1v) is 19.5. The molecule has 0 N–H and O–H groups in total. The van der Waals surface area contributed by atoms with Crippen LogP contribution in [0.5, 0.6) is 0 Å². The largest absolute Gasteiger partial charge is 0.455 e. The second-order valence-corrected chi connectivity index (χ2v) is 15.1. The van der Waals surface area contributed by atoms with Crippen LogP contribution < -0.4 is 4.90 Å². The summed E-state index contributed by atoms with van der Waals surface area (Å²) in [5.74, 6) is 0. The zero-order valence-electron chi connectivity index (χ0n) is 29.8. The van der Waals surface area contributed by atoms with Crippen LogP contribution in [0, 0.1) is 0 Å². The lowest BCUT2D eigenvalue weighted by atomic mass is 9.99. The van der Waals surface area contributed by atoms with E-state index in [0.717, 1.165) is 33.6 Å². The minimum Gasteiger partial charge on any atom is -0.455 e. The van der Waals surface area contributed by atoms with Gasteiger partial charge < -0.3 is 9.32 Å². The van der Waals surface area contributed by atoms with Crippen molar-refractivity contribution in [1.82, 2.24) is 0 Å². The first kappa shape index (κ1) is 31.6. The first-order valence-electron chi connectivity index (χ1n) is 18.7. The second kappa shape index (κ2) is 12.9. The molecule has 2 aromatic heterocycles. The molecule has 0 aliphatic heterocycles. The van der Waals surface area contributed by atoms with Gasteiger partial charge in [-0.2, -0.15) is 0 Å². The van der Waals surface area contributed by atoms with Crippen molar-refractivity contribution < 1.29 is 4.42 Å². The van der Waals surface area contributed by atoms with Gasteiger partial charge in [0.1, 0.15) is 11.2 Å². The summed E-state index contributed by atoms with van der Waals surface area (Å²) in [6, 6.07) is 71.9. The molecule has 0 aliphatic rings. The standard InChI is InChI=1S/C52H33NOS/c1-3-11-34(12-4-1)36-19-21-37(22-20-36)39-25-29-41(30-26-39)53(40-27-23-38(24-28-40)35-13-5-2-6-14-35)42-31-32-46-48(33-42)55-52-44-16-8-7-15-43(44)49-45-17-9-10-18-47(45)54-51(49)50(46)52/h1-33H. The third-order valence-electron chi connectivity index (χ3n) is 10.9. The number of hydrogen-bond donors (Lipinski definition) is 0. The van der Waals surface area contributed by atoms with Gasteiger partial charge in [-0.25, -0.2) is 0 Å². The Morgan fingerprint density at radius 1 is 0.345 bits per heavy atom. The van der Waals surface area contributed by atoms with E-state index in [0.29, 0.717) is 0 Å². The SMILES string of the molecule is c1ccc(-c2ccc(-c3ccc(N(c4ccc(-c5ccccc5)cc4)c4ccc5c(c4)sc4c6ccccc6c6c7ccccc7oc6c54)cc3)cc2)cc1. The number of furan rings is 1. The van der Waals surface area contributed by atoms with E-state index in [4.69, 9.17) is 4.42 Å². The van der Waals surface area contributed by atoms with Crippen LogP contribution in [0.3, 0.4) is 0 Å². The zero-order valence-corrected chi connectivity index (χ0v) is 30.6. The number of fused-ring (bicyclic) bond motifs is 10. The highest BCUT2D eigenvalue weighted by atomic mass is 32.1. The van der Waals surface area contributed by atoms with Gasteiger partial charge in [0, 0.05) is 53.4 Å². The van der Waals surface area contributed by atoms with Crippen LogP contribution in [0.15, 0.2) is 205 Å². The summed E-state index contributed by atoms with van der Waals surface area (Å²) in [6.07, 6.45) is 0. The highest BCUT2D eigenvalue weighted by Crippen LogP contribution is 2.48. The molecule has 9 aromatic carbocycles. The van der Waals surface area contributed by atoms with E-state index in [1.54, 1.807) is 0 Å². The van der Waals surface area contributed by atoms with E-state index in [9.17, 15) is 0 Å². The van der Waals surface area contributed by atoms with Crippen molar-refractivity contribution in [2.75, 3.05) is 4.90 Å². The molecule has 0 bridgehead atoms. The van der Waals surface area contributed by atoms with Gasteiger partial charge in [-0.05, 0) is 81.2 Å². The number of nitrogens with zero attached hydrogens (tertiary/aromatic N) is 1. The molecule has 0 radical (unpaired) electrons. The fraction of sp³-hybridized carbons (Fsp3) is 0. The Labute approximate surface area is 322 Å². The lowest BCUT2D eigenvalue weighted by Crippen LogP contribution is -2.09. The zero-order chi connectivity index (χ0) is 36.3. The van der Waals surface area contributed by atoms with Crippen molar-refractivity contribution >= 4 is 81.3 Å². The van der Waals surface area contributed by atoms with Gasteiger partial charge in [0.15, 0.2) is 0 Å². The van der Waals surface area contributed by atoms with Gasteiger partial charge in [-0.1, -0.05) is 158 Å². The average Bonchev–Trinajstić information content (AvgIpc) is 3.84. The van der Waals surface area contributed by atoms with Crippen LogP contribution >= 0.6 is 11.3 Å². The molecule has 0 unspecified atom stereocenters. The number of anilines is 3. The number of benzene rings is 9. The normalized spacial score (nSPS) is 11.6. The summed E-state index contributed by atoms with van der Waals surface area (Å²) in [6.45, 7) is 0. The lowest BCUT2D eigenvalue weighted by molar-refractivity contribution is 0.673. The van der Waals surface area contributed by atoms with Gasteiger partial charge in [-0.15, -0.1) is 11.3 Å². The monoisotopic (exact) mass is 719 g/mol. The van der Waals surface area contributed by atoms with Gasteiger partial charge >= 0.3 is 0 Å². The smallest absolute Gasteiger partial charge is 0.145 e. The molecule has 0 fully saturated rings. The minimum absolute atomic E-state index is 0.923. The summed E-state index contributed by atoms with van der Waals surface area (Å²) in [5.41, 5.74) is 12.4. The molecule has 11 aromatic rings. The van der Waals surface area contributed by atoms with Crippen LogP contribution in [0.2, 0.25) is 0 Å². The Morgan fingerprint density at radius 2 is 0.800 bits per heavy atom. The average molecular weight is 720 g/mol. The summed E-state index contributed by atoms with van der Waals surface area (Å²) in [4.78, 5) is 2.37. The fourth-order valence-electron chi connectivity index (χ4n) is 8.20. The summed E-state index contributed by atoms with van der Waals surface area (Å²) in [7, 11) is 0. The van der Waals surface area contributed by atoms with Crippen molar-refractivity contribution in [2.24, 2.45) is 0 Å². The maximum atomic E-state index is 6.68. The molecule has 3 heteroatoms. The van der Waals surface area contributed by atoms with Crippen LogP contribution in [-0.2, 0) is 0 Å². The first-order chi connectivity index (χ1) is 27.3. The maximum absolute atomic E-state index is 6.68. The number of hydrogen-bond acceptors (Lipinski definition) is 3. The Bertz CT molecular complexity index is 3160. The molecule has 0 saturated heterocycles. The highest BCUT2D eigenvalue weighted by Gasteiger charge is 2.21. The molecule has 0 amide bonds. The van der Waals surface area contributed by atoms with Gasteiger partial charge in [-0.3, -0.25) is 0 Å². The molecule has 0 spiro atoms. The molecule has 2 nitrogen and oxygen atoms in total. The van der Waals surface area contributed by atoms with Crippen molar-refractivity contribution in [1.29, 1.82) is 0 Å². The molecule has 11 rings (SSSR count). The number of rotatable bonds is 6. The number of thiophene rings is 1. The van der Waals surface area contributed by atoms with Crippen LogP contribution in [0.25, 0.3) is 86.3 Å². The summed E-state index contributed by atoms with van der Waals surface area (Å²) >= 11 is 1.85. The van der Waals surface area contributed by atoms with Crippen LogP contribution in [0.1, 0.15) is 0 Å². The molecular formula is C52H33NOS. The molecule has 55 heavy (non-hydrogen) atoms. The van der Waals surface area contributed by atoms with E-state index in [-0.39, 0.29) is 0 Å². The second-order valence-electron chi connectivity index (χ2n) is 14.1. The molecule has 0 atom stereocenters. The van der Waals surface area contributed by atoms with Crippen molar-refractivity contribution in [3.8, 4) is 33.4 Å². The van der Waals surface area contributed by atoms with Crippen LogP contribution in [-0.4, -0.2) is 0 Å². The predicted octanol–water partition coefficient (Wildman–Crippen LogP) is 15.6. The molecular weight excluding hydrogens is 687 g/mol. The Kier molecular flexibility index (Phi) is 7.39. The van der Waals surface area contributed by atoms with Gasteiger partial charge in [0.25, 0.3) is 0 Å². The fourth-order valence-corrected chi connectivity index (χ4v) is 9.47. The maximum Gasteiger partial charge on any atom is 0.145 e. The summed E-state index contributed by atoms with van der Waals surface area (Å²) < 4.78 is 9.17. The molecule has 0 aliphatic carbocycles. The molecule has 2 heterocycles. The van der Waals surface area contributed by atoms with Crippen molar-refractivity contribution in [3.63, 3.8) is 0 Å². The molecule has 258 valence electrons.